The molecule has 5 nitrogen and oxygen atoms in total. The van der Waals surface area contributed by atoms with Crippen molar-refractivity contribution >= 4 is 17.5 Å². The highest BCUT2D eigenvalue weighted by atomic mass is 35.5. The molecule has 0 bridgehead atoms. The lowest BCUT2D eigenvalue weighted by Gasteiger charge is -2.30. The van der Waals surface area contributed by atoms with Gasteiger partial charge in [0.15, 0.2) is 0 Å². The van der Waals surface area contributed by atoms with E-state index < -0.39 is 0 Å². The molecule has 120 valence electrons. The zero-order chi connectivity index (χ0) is 15.8. The SMILES string of the molecule is O=C(C1CC1)N1CCC(c2nc(-c3cccc(Cl)c3)no2)CC1. The maximum absolute atomic E-state index is 12.1. The smallest absolute Gasteiger partial charge is 0.230 e. The molecule has 1 saturated heterocycles. The van der Waals surface area contributed by atoms with Crippen LogP contribution in [0.5, 0.6) is 0 Å². The fourth-order valence-electron chi connectivity index (χ4n) is 3.08. The van der Waals surface area contributed by atoms with Crippen LogP contribution in [0.3, 0.4) is 0 Å². The second-order valence-corrected chi connectivity index (χ2v) is 6.78. The quantitative estimate of drug-likeness (QED) is 0.863. The summed E-state index contributed by atoms with van der Waals surface area (Å²) in [5.74, 6) is 2.09. The Labute approximate surface area is 139 Å². The molecular weight excluding hydrogens is 314 g/mol. The van der Waals surface area contributed by atoms with Gasteiger partial charge in [0.1, 0.15) is 0 Å². The minimum absolute atomic E-state index is 0.235. The van der Waals surface area contributed by atoms with Crippen molar-refractivity contribution in [2.45, 2.75) is 31.6 Å². The highest BCUT2D eigenvalue weighted by Crippen LogP contribution is 2.34. The second kappa shape index (κ2) is 5.96. The second-order valence-electron chi connectivity index (χ2n) is 6.34. The van der Waals surface area contributed by atoms with E-state index in [1.54, 1.807) is 0 Å². The molecule has 1 aliphatic heterocycles. The van der Waals surface area contributed by atoms with Crippen molar-refractivity contribution in [2.24, 2.45) is 5.92 Å². The summed E-state index contributed by atoms with van der Waals surface area (Å²) < 4.78 is 5.45. The number of carbonyl (C=O) groups is 1. The Morgan fingerprint density at radius 3 is 2.70 bits per heavy atom. The Kier molecular flexibility index (Phi) is 3.81. The van der Waals surface area contributed by atoms with Crippen molar-refractivity contribution in [3.05, 3.63) is 35.2 Å². The highest BCUT2D eigenvalue weighted by Gasteiger charge is 2.35. The van der Waals surface area contributed by atoms with Gasteiger partial charge in [-0.25, -0.2) is 0 Å². The first-order valence-electron chi connectivity index (χ1n) is 8.09. The standard InChI is InChI=1S/C17H18ClN3O2/c18-14-3-1-2-13(10-14)15-19-16(23-20-15)11-6-8-21(9-7-11)17(22)12-4-5-12/h1-3,10-12H,4-9H2. The first-order chi connectivity index (χ1) is 11.2. The van der Waals surface area contributed by atoms with Crippen LogP contribution in [0.2, 0.25) is 5.02 Å². The predicted molar refractivity (Wildman–Crippen MR) is 86.0 cm³/mol. The van der Waals surface area contributed by atoms with Crippen LogP contribution in [-0.2, 0) is 4.79 Å². The van der Waals surface area contributed by atoms with Gasteiger partial charge >= 0.3 is 0 Å². The topological polar surface area (TPSA) is 59.2 Å². The third-order valence-corrected chi connectivity index (χ3v) is 4.84. The van der Waals surface area contributed by atoms with Gasteiger partial charge in [-0.1, -0.05) is 28.9 Å². The molecule has 1 aromatic heterocycles. The van der Waals surface area contributed by atoms with Gasteiger partial charge < -0.3 is 9.42 Å². The molecule has 1 saturated carbocycles. The van der Waals surface area contributed by atoms with E-state index in [9.17, 15) is 4.79 Å². The summed E-state index contributed by atoms with van der Waals surface area (Å²) in [5.41, 5.74) is 0.855. The van der Waals surface area contributed by atoms with Gasteiger partial charge in [0.05, 0.1) is 0 Å². The number of aromatic nitrogens is 2. The van der Waals surface area contributed by atoms with E-state index in [4.69, 9.17) is 16.1 Å². The van der Waals surface area contributed by atoms with Crippen LogP contribution in [0.25, 0.3) is 11.4 Å². The molecule has 2 aliphatic rings. The van der Waals surface area contributed by atoms with Crippen LogP contribution >= 0.6 is 11.6 Å². The lowest BCUT2D eigenvalue weighted by atomic mass is 9.96. The summed E-state index contributed by atoms with van der Waals surface area (Å²) in [7, 11) is 0. The molecule has 0 N–H and O–H groups in total. The van der Waals surface area contributed by atoms with Gasteiger partial charge in [-0.15, -0.1) is 0 Å². The molecule has 0 spiro atoms. The number of hydrogen-bond donors (Lipinski definition) is 0. The van der Waals surface area contributed by atoms with Crippen molar-refractivity contribution in [3.8, 4) is 11.4 Å². The third kappa shape index (κ3) is 3.11. The number of benzene rings is 1. The first kappa shape index (κ1) is 14.7. The molecular formula is C17H18ClN3O2. The Balaban J connectivity index is 1.42. The van der Waals surface area contributed by atoms with E-state index in [1.165, 1.54) is 0 Å². The first-order valence-corrected chi connectivity index (χ1v) is 8.47. The molecule has 6 heteroatoms. The van der Waals surface area contributed by atoms with E-state index in [2.05, 4.69) is 10.1 Å². The average Bonchev–Trinajstić information content (AvgIpc) is 3.31. The van der Waals surface area contributed by atoms with E-state index in [1.807, 2.05) is 29.2 Å². The van der Waals surface area contributed by atoms with Crippen LogP contribution in [0.1, 0.15) is 37.5 Å². The Morgan fingerprint density at radius 2 is 2.00 bits per heavy atom. The molecule has 2 aromatic rings. The van der Waals surface area contributed by atoms with Gasteiger partial charge in [0.25, 0.3) is 0 Å². The molecule has 1 aliphatic carbocycles. The van der Waals surface area contributed by atoms with Crippen LogP contribution in [0.15, 0.2) is 28.8 Å². The zero-order valence-corrected chi connectivity index (χ0v) is 13.5. The van der Waals surface area contributed by atoms with Crippen LogP contribution in [0.4, 0.5) is 0 Å². The van der Waals surface area contributed by atoms with Crippen molar-refractivity contribution in [1.29, 1.82) is 0 Å². The lowest BCUT2D eigenvalue weighted by molar-refractivity contribution is -0.133. The average molecular weight is 332 g/mol. The van der Waals surface area contributed by atoms with Crippen LogP contribution in [0, 0.1) is 5.92 Å². The summed E-state index contributed by atoms with van der Waals surface area (Å²) in [6.45, 7) is 1.57. The number of halogens is 1. The summed E-state index contributed by atoms with van der Waals surface area (Å²) in [5, 5.41) is 4.72. The monoisotopic (exact) mass is 331 g/mol. The molecule has 0 unspecified atom stereocenters. The van der Waals surface area contributed by atoms with E-state index in [0.717, 1.165) is 44.3 Å². The number of rotatable bonds is 3. The number of likely N-dealkylation sites (tertiary alicyclic amines) is 1. The van der Waals surface area contributed by atoms with Gasteiger partial charge in [0, 0.05) is 35.5 Å². The molecule has 4 rings (SSSR count). The lowest BCUT2D eigenvalue weighted by Crippen LogP contribution is -2.38. The fraction of sp³-hybridized carbons (Fsp3) is 0.471. The van der Waals surface area contributed by atoms with Crippen molar-refractivity contribution in [2.75, 3.05) is 13.1 Å². The molecule has 0 atom stereocenters. The van der Waals surface area contributed by atoms with Crippen molar-refractivity contribution < 1.29 is 9.32 Å². The number of amides is 1. The number of carbonyl (C=O) groups excluding carboxylic acids is 1. The molecule has 2 fully saturated rings. The minimum Gasteiger partial charge on any atom is -0.342 e. The predicted octanol–water partition coefficient (Wildman–Crippen LogP) is 3.51. The molecule has 1 amide bonds. The molecule has 2 heterocycles. The maximum Gasteiger partial charge on any atom is 0.230 e. The minimum atomic E-state index is 0.235. The Bertz CT molecular complexity index is 718. The van der Waals surface area contributed by atoms with Gasteiger partial charge in [0.2, 0.25) is 17.6 Å². The highest BCUT2D eigenvalue weighted by molar-refractivity contribution is 6.30. The molecule has 23 heavy (non-hydrogen) atoms. The van der Waals surface area contributed by atoms with Crippen molar-refractivity contribution in [3.63, 3.8) is 0 Å². The summed E-state index contributed by atoms with van der Waals surface area (Å²) in [4.78, 5) is 18.6. The number of hydrogen-bond acceptors (Lipinski definition) is 4. The van der Waals surface area contributed by atoms with Gasteiger partial charge in [-0.2, -0.15) is 4.98 Å². The molecule has 0 radical (unpaired) electrons. The largest absolute Gasteiger partial charge is 0.342 e. The van der Waals surface area contributed by atoms with Gasteiger partial charge in [-0.05, 0) is 37.8 Å². The molecule has 1 aromatic carbocycles. The van der Waals surface area contributed by atoms with Crippen LogP contribution in [-0.4, -0.2) is 34.0 Å². The van der Waals surface area contributed by atoms with E-state index >= 15 is 0 Å². The summed E-state index contributed by atoms with van der Waals surface area (Å²) in [6, 6.07) is 7.43. The Morgan fingerprint density at radius 1 is 1.22 bits per heavy atom. The number of nitrogens with zero attached hydrogens (tertiary/aromatic N) is 3. The van der Waals surface area contributed by atoms with Crippen LogP contribution < -0.4 is 0 Å². The Hall–Kier alpha value is -1.88. The fourth-order valence-corrected chi connectivity index (χ4v) is 3.27. The van der Waals surface area contributed by atoms with Gasteiger partial charge in [-0.3, -0.25) is 4.79 Å². The summed E-state index contributed by atoms with van der Waals surface area (Å²) >= 11 is 6.00. The zero-order valence-electron chi connectivity index (χ0n) is 12.7. The van der Waals surface area contributed by atoms with E-state index in [0.29, 0.717) is 28.6 Å². The number of piperidine rings is 1. The maximum atomic E-state index is 12.1. The third-order valence-electron chi connectivity index (χ3n) is 4.61. The van der Waals surface area contributed by atoms with E-state index in [-0.39, 0.29) is 5.92 Å². The normalized spacial score (nSPS) is 19.1. The summed E-state index contributed by atoms with van der Waals surface area (Å²) in [6.07, 6.45) is 3.89. The van der Waals surface area contributed by atoms with Crippen molar-refractivity contribution in [1.82, 2.24) is 15.0 Å².